The normalized spacial score (nSPS) is 15.9. The number of hydrogen-bond donors (Lipinski definition) is 0. The summed E-state index contributed by atoms with van der Waals surface area (Å²) in [7, 11) is -4.11. The highest BCUT2D eigenvalue weighted by atomic mass is 32.2. The van der Waals surface area contributed by atoms with E-state index in [1.165, 1.54) is 12.1 Å². The van der Waals surface area contributed by atoms with Gasteiger partial charge in [0.1, 0.15) is 18.5 Å². The standard InChI is InChI=1S/C23H17F5O4S/c1-13-2-5-18(6-3-13)33(29,30)31-12-17-9-15-8-16(23(26,27)28)11-19(22(15)32-17)14-4-7-20(24)21(25)10-14/h2-8,10-11,17H,9,12H2,1H3. The largest absolute Gasteiger partial charge is 0.487 e. The summed E-state index contributed by atoms with van der Waals surface area (Å²) in [6.07, 6.45) is -5.64. The number of fused-ring (bicyclic) bond motifs is 1. The molecule has 0 fully saturated rings. The molecule has 4 rings (SSSR count). The van der Waals surface area contributed by atoms with Crippen LogP contribution >= 0.6 is 0 Å². The van der Waals surface area contributed by atoms with Crippen LogP contribution in [0.4, 0.5) is 22.0 Å². The molecule has 0 amide bonds. The van der Waals surface area contributed by atoms with Crippen molar-refractivity contribution in [2.75, 3.05) is 6.61 Å². The highest BCUT2D eigenvalue weighted by molar-refractivity contribution is 7.86. The van der Waals surface area contributed by atoms with Gasteiger partial charge in [-0.15, -0.1) is 0 Å². The monoisotopic (exact) mass is 484 g/mol. The molecule has 0 aromatic heterocycles. The molecule has 3 aromatic carbocycles. The summed E-state index contributed by atoms with van der Waals surface area (Å²) in [6.45, 7) is 1.35. The van der Waals surface area contributed by atoms with E-state index in [9.17, 15) is 30.4 Å². The second-order valence-electron chi connectivity index (χ2n) is 7.63. The Morgan fingerprint density at radius 2 is 1.70 bits per heavy atom. The molecular weight excluding hydrogens is 467 g/mol. The third-order valence-electron chi connectivity index (χ3n) is 5.17. The Morgan fingerprint density at radius 3 is 2.33 bits per heavy atom. The number of halogens is 5. The number of aryl methyl sites for hydroxylation is 1. The minimum atomic E-state index is -4.69. The predicted octanol–water partition coefficient (Wildman–Crippen LogP) is 5.67. The molecule has 1 heterocycles. The molecule has 0 N–H and O–H groups in total. The van der Waals surface area contributed by atoms with Gasteiger partial charge in [0.2, 0.25) is 0 Å². The maximum absolute atomic E-state index is 13.7. The van der Waals surface area contributed by atoms with Gasteiger partial charge < -0.3 is 4.74 Å². The molecule has 1 unspecified atom stereocenters. The van der Waals surface area contributed by atoms with Crippen molar-refractivity contribution in [1.29, 1.82) is 0 Å². The van der Waals surface area contributed by atoms with Gasteiger partial charge in [0.15, 0.2) is 11.6 Å². The molecule has 33 heavy (non-hydrogen) atoms. The first-order valence-corrected chi connectivity index (χ1v) is 11.2. The Hall–Kier alpha value is -2.98. The Labute approximate surface area is 186 Å². The van der Waals surface area contributed by atoms with Gasteiger partial charge in [-0.05, 0) is 54.4 Å². The van der Waals surface area contributed by atoms with Crippen molar-refractivity contribution in [3.05, 3.63) is 82.9 Å². The molecule has 1 atom stereocenters. The van der Waals surface area contributed by atoms with Gasteiger partial charge in [0.05, 0.1) is 10.5 Å². The molecule has 0 saturated carbocycles. The van der Waals surface area contributed by atoms with E-state index in [0.717, 1.165) is 35.9 Å². The smallest absolute Gasteiger partial charge is 0.416 e. The number of ether oxygens (including phenoxy) is 1. The SMILES string of the molecule is Cc1ccc(S(=O)(=O)OCC2Cc3cc(C(F)(F)F)cc(-c4ccc(F)c(F)c4)c3O2)cc1. The van der Waals surface area contributed by atoms with Crippen molar-refractivity contribution in [3.8, 4) is 16.9 Å². The van der Waals surface area contributed by atoms with Crippen LogP contribution in [-0.4, -0.2) is 21.1 Å². The van der Waals surface area contributed by atoms with Gasteiger partial charge in [-0.1, -0.05) is 23.8 Å². The third-order valence-corrected chi connectivity index (χ3v) is 6.47. The molecule has 0 radical (unpaired) electrons. The molecule has 0 aliphatic carbocycles. The maximum Gasteiger partial charge on any atom is 0.416 e. The quantitative estimate of drug-likeness (QED) is 0.346. The summed E-state index contributed by atoms with van der Waals surface area (Å²) in [5, 5.41) is 0. The van der Waals surface area contributed by atoms with Crippen molar-refractivity contribution < 1.29 is 39.3 Å². The Bertz CT molecular complexity index is 1300. The Balaban J connectivity index is 1.62. The van der Waals surface area contributed by atoms with E-state index in [1.54, 1.807) is 19.1 Å². The lowest BCUT2D eigenvalue weighted by Gasteiger charge is -2.15. The van der Waals surface area contributed by atoms with Gasteiger partial charge in [0, 0.05) is 12.0 Å². The average Bonchev–Trinajstić information content (AvgIpc) is 3.16. The molecule has 174 valence electrons. The van der Waals surface area contributed by atoms with E-state index in [0.29, 0.717) is 0 Å². The van der Waals surface area contributed by atoms with Gasteiger partial charge in [0.25, 0.3) is 10.1 Å². The van der Waals surface area contributed by atoms with Gasteiger partial charge in [-0.3, -0.25) is 4.18 Å². The molecule has 1 aliphatic heterocycles. The van der Waals surface area contributed by atoms with Gasteiger partial charge in [-0.2, -0.15) is 21.6 Å². The molecule has 3 aromatic rings. The van der Waals surface area contributed by atoms with Crippen LogP contribution in [0.3, 0.4) is 0 Å². The molecule has 10 heteroatoms. The van der Waals surface area contributed by atoms with Crippen molar-refractivity contribution in [2.24, 2.45) is 0 Å². The van der Waals surface area contributed by atoms with Crippen molar-refractivity contribution in [1.82, 2.24) is 0 Å². The topological polar surface area (TPSA) is 52.6 Å². The second kappa shape index (κ2) is 8.42. The van der Waals surface area contributed by atoms with Crippen LogP contribution in [0.15, 0.2) is 59.5 Å². The van der Waals surface area contributed by atoms with Gasteiger partial charge in [-0.25, -0.2) is 8.78 Å². The minimum absolute atomic E-state index is 0.00917. The molecule has 1 aliphatic rings. The fraction of sp³-hybridized carbons (Fsp3) is 0.217. The van der Waals surface area contributed by atoms with E-state index in [-0.39, 0.29) is 33.8 Å². The van der Waals surface area contributed by atoms with E-state index in [4.69, 9.17) is 8.92 Å². The van der Waals surface area contributed by atoms with E-state index < -0.39 is 46.2 Å². The molecular formula is C23H17F5O4S. The fourth-order valence-corrected chi connectivity index (χ4v) is 4.44. The van der Waals surface area contributed by atoms with Crippen LogP contribution in [0.25, 0.3) is 11.1 Å². The fourth-order valence-electron chi connectivity index (χ4n) is 3.51. The minimum Gasteiger partial charge on any atom is -0.487 e. The third kappa shape index (κ3) is 4.86. The zero-order chi connectivity index (χ0) is 24.0. The lowest BCUT2D eigenvalue weighted by atomic mass is 9.97. The van der Waals surface area contributed by atoms with E-state index in [1.807, 2.05) is 0 Å². The summed E-state index contributed by atoms with van der Waals surface area (Å²) < 4.78 is 103. The first-order valence-electron chi connectivity index (χ1n) is 9.76. The van der Waals surface area contributed by atoms with Crippen molar-refractivity contribution in [2.45, 2.75) is 30.5 Å². The summed E-state index contributed by atoms with van der Waals surface area (Å²) in [4.78, 5) is -0.0644. The van der Waals surface area contributed by atoms with Crippen LogP contribution in [0, 0.1) is 18.6 Å². The lowest BCUT2D eigenvalue weighted by Crippen LogP contribution is -2.23. The van der Waals surface area contributed by atoms with E-state index >= 15 is 0 Å². The van der Waals surface area contributed by atoms with Crippen LogP contribution in [-0.2, 0) is 26.9 Å². The van der Waals surface area contributed by atoms with Gasteiger partial charge >= 0.3 is 6.18 Å². The van der Waals surface area contributed by atoms with Crippen molar-refractivity contribution in [3.63, 3.8) is 0 Å². The molecule has 4 nitrogen and oxygen atoms in total. The summed E-state index contributed by atoms with van der Waals surface area (Å²) in [5.41, 5.74) is -0.0641. The van der Waals surface area contributed by atoms with Crippen LogP contribution in [0.5, 0.6) is 5.75 Å². The molecule has 0 spiro atoms. The lowest BCUT2D eigenvalue weighted by molar-refractivity contribution is -0.137. The number of alkyl halides is 3. The number of hydrogen-bond acceptors (Lipinski definition) is 4. The number of rotatable bonds is 5. The highest BCUT2D eigenvalue weighted by Crippen LogP contribution is 2.44. The first kappa shape index (κ1) is 23.2. The zero-order valence-corrected chi connectivity index (χ0v) is 17.9. The molecule has 0 bridgehead atoms. The Morgan fingerprint density at radius 1 is 1.00 bits per heavy atom. The van der Waals surface area contributed by atoms with Crippen LogP contribution in [0.1, 0.15) is 16.7 Å². The summed E-state index contributed by atoms with van der Waals surface area (Å²) in [6, 6.07) is 10.4. The maximum atomic E-state index is 13.7. The zero-order valence-electron chi connectivity index (χ0n) is 17.1. The second-order valence-corrected chi connectivity index (χ2v) is 9.25. The first-order chi connectivity index (χ1) is 15.4. The van der Waals surface area contributed by atoms with E-state index in [2.05, 4.69) is 0 Å². The van der Waals surface area contributed by atoms with Crippen molar-refractivity contribution >= 4 is 10.1 Å². The summed E-state index contributed by atoms with van der Waals surface area (Å²) in [5.74, 6) is -2.33. The van der Waals surface area contributed by atoms with Crippen LogP contribution < -0.4 is 4.74 Å². The summed E-state index contributed by atoms with van der Waals surface area (Å²) >= 11 is 0. The highest BCUT2D eigenvalue weighted by Gasteiger charge is 2.36. The molecule has 0 saturated heterocycles. The Kier molecular flexibility index (Phi) is 5.92. The average molecular weight is 484 g/mol. The number of benzene rings is 3. The van der Waals surface area contributed by atoms with Crippen LogP contribution in [0.2, 0.25) is 0 Å². The predicted molar refractivity (Wildman–Crippen MR) is 109 cm³/mol.